The van der Waals surface area contributed by atoms with Gasteiger partial charge in [-0.1, -0.05) is 0 Å². The zero-order valence-electron chi connectivity index (χ0n) is 9.67. The summed E-state index contributed by atoms with van der Waals surface area (Å²) >= 11 is 0. The number of H-pyrrole nitrogens is 1. The van der Waals surface area contributed by atoms with Crippen molar-refractivity contribution in [1.29, 1.82) is 0 Å². The number of hydrogen-bond acceptors (Lipinski definition) is 4. The fourth-order valence-corrected chi connectivity index (χ4v) is 4.05. The van der Waals surface area contributed by atoms with Crippen LogP contribution in [0, 0.1) is 0 Å². The fourth-order valence-electron chi connectivity index (χ4n) is 2.34. The second-order valence-electron chi connectivity index (χ2n) is 4.65. The van der Waals surface area contributed by atoms with E-state index in [4.69, 9.17) is 0 Å². The van der Waals surface area contributed by atoms with Gasteiger partial charge in [0, 0.05) is 24.2 Å². The highest BCUT2D eigenvalue weighted by Crippen LogP contribution is 2.26. The summed E-state index contributed by atoms with van der Waals surface area (Å²) in [6, 6.07) is 2.86. The third-order valence-electron chi connectivity index (χ3n) is 3.23. The monoisotopic (exact) mass is 267 g/mol. The van der Waals surface area contributed by atoms with E-state index >= 15 is 0 Å². The van der Waals surface area contributed by atoms with Gasteiger partial charge in [-0.15, -0.1) is 0 Å². The number of nitrogens with zero attached hydrogens (tertiary/aromatic N) is 2. The molecule has 1 aliphatic rings. The van der Waals surface area contributed by atoms with Crippen molar-refractivity contribution in [2.24, 2.45) is 0 Å². The van der Waals surface area contributed by atoms with Gasteiger partial charge >= 0.3 is 0 Å². The molecule has 3 rings (SSSR count). The Balaban J connectivity index is 2.01. The molecule has 3 heterocycles. The first-order chi connectivity index (χ1) is 8.53. The molecule has 1 aliphatic heterocycles. The van der Waals surface area contributed by atoms with Gasteiger partial charge < -0.3 is 0 Å². The molecule has 0 spiro atoms. The standard InChI is InChI=1S/C11H13N3O3S/c15-9-3-4-14-10(6-9)12-11(13-14)8-2-1-5-18(16,17)7-8/h3-4,6,8H,1-2,5,7H2,(H,12,13). The first-order valence-corrected chi connectivity index (χ1v) is 7.64. The van der Waals surface area contributed by atoms with E-state index in [1.54, 1.807) is 10.7 Å². The van der Waals surface area contributed by atoms with Crippen molar-refractivity contribution in [3.8, 4) is 0 Å². The topological polar surface area (TPSA) is 84.3 Å². The van der Waals surface area contributed by atoms with Gasteiger partial charge in [-0.3, -0.25) is 9.89 Å². The molecule has 0 aliphatic carbocycles. The van der Waals surface area contributed by atoms with Crippen LogP contribution >= 0.6 is 0 Å². The highest BCUT2D eigenvalue weighted by atomic mass is 32.2. The quantitative estimate of drug-likeness (QED) is 0.806. The van der Waals surface area contributed by atoms with Crippen LogP contribution in [0.5, 0.6) is 0 Å². The van der Waals surface area contributed by atoms with Crippen LogP contribution in [0.2, 0.25) is 0 Å². The maximum absolute atomic E-state index is 11.6. The number of aromatic amines is 1. The molecule has 2 aromatic heterocycles. The summed E-state index contributed by atoms with van der Waals surface area (Å²) in [5.41, 5.74) is 0.421. The lowest BCUT2D eigenvalue weighted by Crippen LogP contribution is -2.24. The van der Waals surface area contributed by atoms with E-state index in [9.17, 15) is 13.2 Å². The smallest absolute Gasteiger partial charge is 0.183 e. The van der Waals surface area contributed by atoms with Gasteiger partial charge in [0.1, 0.15) is 5.82 Å². The number of aromatic nitrogens is 3. The molecule has 0 saturated carbocycles. The van der Waals surface area contributed by atoms with Crippen LogP contribution in [0.25, 0.3) is 5.65 Å². The van der Waals surface area contributed by atoms with E-state index in [0.717, 1.165) is 6.42 Å². The number of fused-ring (bicyclic) bond motifs is 1. The van der Waals surface area contributed by atoms with Crippen LogP contribution < -0.4 is 5.43 Å². The molecule has 0 amide bonds. The van der Waals surface area contributed by atoms with Crippen molar-refractivity contribution in [2.45, 2.75) is 18.8 Å². The molecule has 0 aromatic carbocycles. The van der Waals surface area contributed by atoms with Gasteiger partial charge in [-0.2, -0.15) is 0 Å². The lowest BCUT2D eigenvalue weighted by Gasteiger charge is -2.19. The minimum Gasteiger partial charge on any atom is -0.290 e. The number of sulfone groups is 1. The molecule has 1 atom stereocenters. The molecule has 2 aromatic rings. The normalized spacial score (nSPS) is 23.2. The number of rotatable bonds is 1. The Morgan fingerprint density at radius 1 is 1.44 bits per heavy atom. The van der Waals surface area contributed by atoms with E-state index in [0.29, 0.717) is 17.9 Å². The molecule has 96 valence electrons. The van der Waals surface area contributed by atoms with E-state index in [-0.39, 0.29) is 22.9 Å². The van der Waals surface area contributed by atoms with Crippen molar-refractivity contribution < 1.29 is 8.42 Å². The summed E-state index contributed by atoms with van der Waals surface area (Å²) in [4.78, 5) is 15.5. The van der Waals surface area contributed by atoms with Gasteiger partial charge in [0.15, 0.2) is 20.9 Å². The number of pyridine rings is 1. The van der Waals surface area contributed by atoms with E-state index < -0.39 is 9.84 Å². The average Bonchev–Trinajstić information content (AvgIpc) is 2.70. The van der Waals surface area contributed by atoms with Gasteiger partial charge in [0.25, 0.3) is 0 Å². The van der Waals surface area contributed by atoms with Crippen LogP contribution in [0.1, 0.15) is 24.6 Å². The maximum atomic E-state index is 11.6. The Morgan fingerprint density at radius 3 is 3.06 bits per heavy atom. The van der Waals surface area contributed by atoms with Gasteiger partial charge in [-0.25, -0.2) is 17.9 Å². The highest BCUT2D eigenvalue weighted by molar-refractivity contribution is 7.91. The zero-order valence-corrected chi connectivity index (χ0v) is 10.5. The fraction of sp³-hybridized carbons (Fsp3) is 0.455. The summed E-state index contributed by atoms with van der Waals surface area (Å²) in [5.74, 6) is 0.946. The Bertz CT molecular complexity index is 744. The molecular formula is C11H13N3O3S. The predicted octanol–water partition coefficient (Wildman–Crippen LogP) is 0.315. The van der Waals surface area contributed by atoms with Crippen LogP contribution in [0.3, 0.4) is 0 Å². The summed E-state index contributed by atoms with van der Waals surface area (Å²) in [6.45, 7) is 0. The first-order valence-electron chi connectivity index (χ1n) is 5.82. The van der Waals surface area contributed by atoms with E-state index in [1.165, 1.54) is 12.1 Å². The Labute approximate surface area is 104 Å². The second-order valence-corrected chi connectivity index (χ2v) is 6.88. The summed E-state index contributed by atoms with van der Waals surface area (Å²) in [5, 5.41) is 3.03. The molecule has 0 radical (unpaired) electrons. The third kappa shape index (κ3) is 2.05. The van der Waals surface area contributed by atoms with Crippen molar-refractivity contribution in [3.05, 3.63) is 34.4 Å². The Kier molecular flexibility index (Phi) is 2.51. The molecule has 1 unspecified atom stereocenters. The number of hydrogen-bond donors (Lipinski definition) is 1. The van der Waals surface area contributed by atoms with Crippen LogP contribution in [-0.2, 0) is 9.84 Å². The largest absolute Gasteiger partial charge is 0.290 e. The Morgan fingerprint density at radius 2 is 2.28 bits per heavy atom. The van der Waals surface area contributed by atoms with Gasteiger partial charge in [-0.05, 0) is 12.8 Å². The van der Waals surface area contributed by atoms with Crippen LogP contribution in [0.15, 0.2) is 23.1 Å². The van der Waals surface area contributed by atoms with Crippen molar-refractivity contribution >= 4 is 15.5 Å². The van der Waals surface area contributed by atoms with E-state index in [1.807, 2.05) is 0 Å². The molecule has 0 bridgehead atoms. The minimum absolute atomic E-state index is 0.0984. The third-order valence-corrected chi connectivity index (χ3v) is 5.05. The van der Waals surface area contributed by atoms with Crippen LogP contribution in [0.4, 0.5) is 0 Å². The van der Waals surface area contributed by atoms with Crippen molar-refractivity contribution in [3.63, 3.8) is 0 Å². The first kappa shape index (κ1) is 11.5. The second kappa shape index (κ2) is 3.94. The molecule has 1 fully saturated rings. The van der Waals surface area contributed by atoms with Crippen molar-refractivity contribution in [1.82, 2.24) is 14.6 Å². The highest BCUT2D eigenvalue weighted by Gasteiger charge is 2.28. The molecule has 18 heavy (non-hydrogen) atoms. The van der Waals surface area contributed by atoms with E-state index in [2.05, 4.69) is 10.1 Å². The Hall–Kier alpha value is -1.63. The lowest BCUT2D eigenvalue weighted by molar-refractivity contribution is 0.543. The van der Waals surface area contributed by atoms with Crippen molar-refractivity contribution in [2.75, 3.05) is 11.5 Å². The summed E-state index contributed by atoms with van der Waals surface area (Å²) in [6.07, 6.45) is 3.08. The van der Waals surface area contributed by atoms with Gasteiger partial charge in [0.05, 0.1) is 11.5 Å². The predicted molar refractivity (Wildman–Crippen MR) is 66.4 cm³/mol. The average molecular weight is 267 g/mol. The molecule has 6 nitrogen and oxygen atoms in total. The minimum atomic E-state index is -2.96. The van der Waals surface area contributed by atoms with Crippen LogP contribution in [-0.4, -0.2) is 34.5 Å². The SMILES string of the molecule is O=c1ccn2[nH]c(C3CCCS(=O)(=O)C3)nc2c1. The zero-order chi connectivity index (χ0) is 12.8. The molecule has 7 heteroatoms. The summed E-state index contributed by atoms with van der Waals surface area (Å²) < 4.78 is 24.8. The maximum Gasteiger partial charge on any atom is 0.183 e. The summed E-state index contributed by atoms with van der Waals surface area (Å²) in [7, 11) is -2.96. The molecule has 1 saturated heterocycles. The molecular weight excluding hydrogens is 254 g/mol. The number of nitrogens with one attached hydrogen (secondary N) is 1. The van der Waals surface area contributed by atoms with Gasteiger partial charge in [0.2, 0.25) is 0 Å². The lowest BCUT2D eigenvalue weighted by atomic mass is 10.1. The molecule has 1 N–H and O–H groups in total.